The van der Waals surface area contributed by atoms with Crippen molar-refractivity contribution in [2.45, 2.75) is 56.7 Å². The lowest BCUT2D eigenvalue weighted by Gasteiger charge is -2.01. The summed E-state index contributed by atoms with van der Waals surface area (Å²) in [5.74, 6) is 0.280. The highest BCUT2D eigenvalue weighted by molar-refractivity contribution is 7.80. The predicted octanol–water partition coefficient (Wildman–Crippen LogP) is 0.222. The van der Waals surface area contributed by atoms with Crippen LogP contribution in [0.2, 0.25) is 0 Å². The first-order valence-electron chi connectivity index (χ1n) is 8.32. The van der Waals surface area contributed by atoms with Crippen LogP contribution in [-0.2, 0) is 4.79 Å². The first-order chi connectivity index (χ1) is 10.7. The molecule has 3 aliphatic heterocycles. The Morgan fingerprint density at radius 3 is 1.73 bits per heavy atom. The molecule has 0 spiro atoms. The zero-order valence-corrected chi connectivity index (χ0v) is 14.2. The normalized spacial score (nSPS) is 30.2. The minimum atomic E-state index is -0.720. The number of thiol groups is 1. The van der Waals surface area contributed by atoms with Gasteiger partial charge in [-0.3, -0.25) is 4.79 Å². The third kappa shape index (κ3) is 8.33. The molecule has 5 N–H and O–H groups in total. The van der Waals surface area contributed by atoms with Crippen LogP contribution >= 0.6 is 12.6 Å². The zero-order valence-electron chi connectivity index (χ0n) is 13.3. The fourth-order valence-electron chi connectivity index (χ4n) is 2.72. The van der Waals surface area contributed by atoms with Crippen molar-refractivity contribution in [1.29, 1.82) is 0 Å². The molecule has 3 heterocycles. The lowest BCUT2D eigenvalue weighted by molar-refractivity contribution is -0.139. The van der Waals surface area contributed by atoms with Gasteiger partial charge in [0.05, 0.1) is 6.61 Å². The van der Waals surface area contributed by atoms with Gasteiger partial charge >= 0.3 is 5.97 Å². The molecule has 7 heteroatoms. The number of hydrogen-bond donors (Lipinski definition) is 6. The van der Waals surface area contributed by atoms with E-state index in [2.05, 4.69) is 28.6 Å². The summed E-state index contributed by atoms with van der Waals surface area (Å²) in [5, 5.41) is 26.2. The lowest BCUT2D eigenvalue weighted by atomic mass is 10.2. The largest absolute Gasteiger partial charge is 0.480 e. The summed E-state index contributed by atoms with van der Waals surface area (Å²) in [7, 11) is 0. The standard InChI is InChI=1S/C5H9NO2.C5H11NO.C5H11NS/c7-5(8)4-2-1-3-6-4;2*7-4-5-2-1-3-6-5/h4,6H,1-3H2,(H,7,8);2*5-7H,1-4H2. The first kappa shape index (κ1) is 19.7. The summed E-state index contributed by atoms with van der Waals surface area (Å²) in [5.41, 5.74) is 0. The molecular weight excluding hydrogens is 302 g/mol. The molecule has 0 aromatic heterocycles. The number of aliphatic carboxylic acids is 1. The van der Waals surface area contributed by atoms with Crippen LogP contribution < -0.4 is 16.0 Å². The van der Waals surface area contributed by atoms with Gasteiger partial charge in [0.15, 0.2) is 0 Å². The minimum Gasteiger partial charge on any atom is -0.480 e. The van der Waals surface area contributed by atoms with Crippen molar-refractivity contribution in [3.8, 4) is 0 Å². The Labute approximate surface area is 138 Å². The number of carboxylic acid groups (broad SMARTS) is 1. The molecule has 0 saturated carbocycles. The summed E-state index contributed by atoms with van der Waals surface area (Å²) in [4.78, 5) is 10.1. The Kier molecular flexibility index (Phi) is 10.9. The lowest BCUT2D eigenvalue weighted by Crippen LogP contribution is -2.29. The number of aliphatic hydroxyl groups is 1. The average molecular weight is 333 g/mol. The molecule has 3 fully saturated rings. The molecule has 0 aliphatic carbocycles. The van der Waals surface area contributed by atoms with E-state index in [-0.39, 0.29) is 6.04 Å². The Hall–Kier alpha value is -0.340. The number of aliphatic hydroxyl groups excluding tert-OH is 1. The Morgan fingerprint density at radius 2 is 1.50 bits per heavy atom. The monoisotopic (exact) mass is 333 g/mol. The van der Waals surface area contributed by atoms with Gasteiger partial charge in [0.1, 0.15) is 6.04 Å². The molecule has 3 unspecified atom stereocenters. The van der Waals surface area contributed by atoms with Gasteiger partial charge in [-0.2, -0.15) is 12.6 Å². The molecule has 0 aromatic rings. The van der Waals surface area contributed by atoms with Crippen molar-refractivity contribution in [3.05, 3.63) is 0 Å². The maximum Gasteiger partial charge on any atom is 0.320 e. The quantitative estimate of drug-likeness (QED) is 0.414. The van der Waals surface area contributed by atoms with Crippen molar-refractivity contribution in [1.82, 2.24) is 16.0 Å². The van der Waals surface area contributed by atoms with Gasteiger partial charge < -0.3 is 26.2 Å². The van der Waals surface area contributed by atoms with Crippen molar-refractivity contribution in [2.24, 2.45) is 0 Å². The molecular formula is C15H31N3O3S. The molecule has 3 atom stereocenters. The second-order valence-electron chi connectivity index (χ2n) is 5.94. The summed E-state index contributed by atoms with van der Waals surface area (Å²) in [6.07, 6.45) is 6.82. The van der Waals surface area contributed by atoms with Gasteiger partial charge in [-0.05, 0) is 58.2 Å². The molecule has 3 rings (SSSR count). The van der Waals surface area contributed by atoms with Crippen LogP contribution in [0.3, 0.4) is 0 Å². The van der Waals surface area contributed by atoms with Crippen LogP contribution in [0, 0.1) is 0 Å². The summed E-state index contributed by atoms with van der Waals surface area (Å²) in [6, 6.07) is 0.846. The van der Waals surface area contributed by atoms with Crippen LogP contribution in [0.5, 0.6) is 0 Å². The van der Waals surface area contributed by atoms with Gasteiger partial charge in [0.25, 0.3) is 0 Å². The zero-order chi connectivity index (χ0) is 16.2. The number of rotatable bonds is 3. The number of nitrogens with one attached hydrogen (secondary N) is 3. The number of hydrogen-bond acceptors (Lipinski definition) is 6. The second-order valence-corrected chi connectivity index (χ2v) is 6.30. The third-order valence-electron chi connectivity index (χ3n) is 4.12. The van der Waals surface area contributed by atoms with Gasteiger partial charge in [-0.15, -0.1) is 0 Å². The first-order valence-corrected chi connectivity index (χ1v) is 8.95. The van der Waals surface area contributed by atoms with Gasteiger partial charge in [-0.25, -0.2) is 0 Å². The Bertz CT molecular complexity index is 274. The van der Waals surface area contributed by atoms with Crippen molar-refractivity contribution in [3.63, 3.8) is 0 Å². The van der Waals surface area contributed by atoms with Crippen molar-refractivity contribution >= 4 is 18.6 Å². The van der Waals surface area contributed by atoms with E-state index in [9.17, 15) is 4.79 Å². The highest BCUT2D eigenvalue weighted by Crippen LogP contribution is 2.05. The van der Waals surface area contributed by atoms with Crippen LogP contribution in [0.4, 0.5) is 0 Å². The predicted molar refractivity (Wildman–Crippen MR) is 91.6 cm³/mol. The molecule has 22 heavy (non-hydrogen) atoms. The smallest absolute Gasteiger partial charge is 0.320 e. The molecule has 0 radical (unpaired) electrons. The summed E-state index contributed by atoms with van der Waals surface area (Å²) in [6.45, 7) is 3.45. The highest BCUT2D eigenvalue weighted by Gasteiger charge is 2.20. The van der Waals surface area contributed by atoms with Crippen LogP contribution in [0.1, 0.15) is 38.5 Å². The molecule has 3 aliphatic rings. The van der Waals surface area contributed by atoms with E-state index >= 15 is 0 Å². The van der Waals surface area contributed by atoms with E-state index < -0.39 is 5.97 Å². The van der Waals surface area contributed by atoms with Gasteiger partial charge in [0, 0.05) is 17.8 Å². The van der Waals surface area contributed by atoms with Gasteiger partial charge in [0.2, 0.25) is 0 Å². The molecule has 3 saturated heterocycles. The van der Waals surface area contributed by atoms with Crippen molar-refractivity contribution < 1.29 is 15.0 Å². The van der Waals surface area contributed by atoms with Crippen LogP contribution in [0.15, 0.2) is 0 Å². The van der Waals surface area contributed by atoms with E-state index in [1.165, 1.54) is 25.8 Å². The molecule has 0 amide bonds. The summed E-state index contributed by atoms with van der Waals surface area (Å²) < 4.78 is 0. The fraction of sp³-hybridized carbons (Fsp3) is 0.933. The highest BCUT2D eigenvalue weighted by atomic mass is 32.1. The molecule has 0 bridgehead atoms. The van der Waals surface area contributed by atoms with Gasteiger partial charge in [-0.1, -0.05) is 0 Å². The minimum absolute atomic E-state index is 0.269. The van der Waals surface area contributed by atoms with E-state index in [1.54, 1.807) is 0 Å². The average Bonchev–Trinajstić information content (AvgIpc) is 3.31. The molecule has 0 aromatic carbocycles. The fourth-order valence-corrected chi connectivity index (χ4v) is 3.03. The number of carboxylic acids is 1. The van der Waals surface area contributed by atoms with Crippen LogP contribution in [-0.4, -0.2) is 66.3 Å². The molecule has 130 valence electrons. The Balaban J connectivity index is 0.000000166. The van der Waals surface area contributed by atoms with E-state index in [1.807, 2.05) is 0 Å². The number of carbonyl (C=O) groups is 1. The Morgan fingerprint density at radius 1 is 0.955 bits per heavy atom. The maximum absolute atomic E-state index is 10.1. The SMILES string of the molecule is O=C(O)C1CCCN1.OCC1CCCN1.SCC1CCCN1. The van der Waals surface area contributed by atoms with E-state index in [0.29, 0.717) is 18.7 Å². The molecule has 6 nitrogen and oxygen atoms in total. The maximum atomic E-state index is 10.1. The van der Waals surface area contributed by atoms with Crippen LogP contribution in [0.25, 0.3) is 0 Å². The topological polar surface area (TPSA) is 93.6 Å². The third-order valence-corrected chi connectivity index (χ3v) is 4.56. The van der Waals surface area contributed by atoms with E-state index in [0.717, 1.165) is 38.1 Å². The van der Waals surface area contributed by atoms with Crippen molar-refractivity contribution in [2.75, 3.05) is 32.0 Å². The van der Waals surface area contributed by atoms with E-state index in [4.69, 9.17) is 10.2 Å². The summed E-state index contributed by atoms with van der Waals surface area (Å²) >= 11 is 4.15. The second kappa shape index (κ2) is 12.1.